The summed E-state index contributed by atoms with van der Waals surface area (Å²) in [4.78, 5) is 11.7. The first kappa shape index (κ1) is 15.3. The van der Waals surface area contributed by atoms with E-state index in [4.69, 9.17) is 4.74 Å². The zero-order chi connectivity index (χ0) is 13.2. The Hall–Kier alpha value is -0.780. The van der Waals surface area contributed by atoms with Crippen molar-refractivity contribution < 1.29 is 9.53 Å². The van der Waals surface area contributed by atoms with E-state index in [-0.39, 0.29) is 5.91 Å². The van der Waals surface area contributed by atoms with Crippen molar-refractivity contribution in [3.8, 4) is 5.75 Å². The Kier molecular flexibility index (Phi) is 7.80. The number of carbonyl (C=O) groups excluding carboxylic acids is 1. The molecule has 1 aromatic rings. The van der Waals surface area contributed by atoms with Gasteiger partial charge in [-0.05, 0) is 37.1 Å². The van der Waals surface area contributed by atoms with E-state index in [1.807, 2.05) is 12.1 Å². The minimum atomic E-state index is -0.0139. The fraction of sp³-hybridized carbons (Fsp3) is 0.500. The first-order valence-corrected chi connectivity index (χ1v) is 7.87. The van der Waals surface area contributed by atoms with Crippen LogP contribution in [0.4, 0.5) is 0 Å². The van der Waals surface area contributed by atoms with Gasteiger partial charge in [-0.2, -0.15) is 0 Å². The van der Waals surface area contributed by atoms with Gasteiger partial charge in [-0.3, -0.25) is 4.79 Å². The van der Waals surface area contributed by atoms with Gasteiger partial charge in [0, 0.05) is 16.5 Å². The van der Waals surface area contributed by atoms with Crippen LogP contribution in [0.2, 0.25) is 0 Å². The quantitative estimate of drug-likeness (QED) is 0.438. The number of hydrogen-bond acceptors (Lipinski definition) is 2. The molecular weight excluding hydrogens is 341 g/mol. The Bertz CT molecular complexity index is 351. The lowest BCUT2D eigenvalue weighted by Gasteiger charge is -2.07. The zero-order valence-corrected chi connectivity index (χ0v) is 12.9. The molecule has 0 bridgehead atoms. The second-order valence-electron chi connectivity index (χ2n) is 4.02. The van der Waals surface area contributed by atoms with Crippen molar-refractivity contribution in [3.05, 3.63) is 29.8 Å². The maximum absolute atomic E-state index is 11.7. The summed E-state index contributed by atoms with van der Waals surface area (Å²) in [5.41, 5.74) is 0.686. The van der Waals surface area contributed by atoms with Gasteiger partial charge < -0.3 is 10.1 Å². The van der Waals surface area contributed by atoms with E-state index >= 15 is 0 Å². The molecule has 0 fully saturated rings. The van der Waals surface area contributed by atoms with Gasteiger partial charge in [0.2, 0.25) is 0 Å². The lowest BCUT2D eigenvalue weighted by atomic mass is 10.2. The van der Waals surface area contributed by atoms with Gasteiger partial charge in [0.25, 0.3) is 5.91 Å². The molecule has 0 saturated heterocycles. The molecule has 3 nitrogen and oxygen atoms in total. The van der Waals surface area contributed by atoms with Crippen molar-refractivity contribution in [3.63, 3.8) is 0 Å². The highest BCUT2D eigenvalue weighted by molar-refractivity contribution is 14.1. The van der Waals surface area contributed by atoms with Crippen LogP contribution in [-0.2, 0) is 0 Å². The molecule has 4 heteroatoms. The number of ether oxygens (including phenoxy) is 1. The van der Waals surface area contributed by atoms with E-state index < -0.39 is 0 Å². The summed E-state index contributed by atoms with van der Waals surface area (Å²) in [5.74, 6) is 0.812. The molecule has 1 amide bonds. The van der Waals surface area contributed by atoms with Crippen molar-refractivity contribution >= 4 is 28.5 Å². The second-order valence-corrected chi connectivity index (χ2v) is 5.10. The van der Waals surface area contributed by atoms with Crippen molar-refractivity contribution in [2.45, 2.75) is 26.2 Å². The number of unbranched alkanes of at least 4 members (excludes halogenated alkanes) is 1. The third-order valence-corrected chi connectivity index (χ3v) is 3.24. The summed E-state index contributed by atoms with van der Waals surface area (Å²) in [5, 5.41) is 2.89. The number of alkyl halides is 1. The lowest BCUT2D eigenvalue weighted by molar-refractivity contribution is 0.0954. The molecule has 1 rings (SSSR count). The fourth-order valence-electron chi connectivity index (χ4n) is 1.41. The molecule has 0 heterocycles. The molecule has 0 spiro atoms. The predicted octanol–water partition coefficient (Wildman–Crippen LogP) is 3.42. The van der Waals surface area contributed by atoms with Crippen molar-refractivity contribution in [2.75, 3.05) is 17.6 Å². The monoisotopic (exact) mass is 361 g/mol. The largest absolute Gasteiger partial charge is 0.494 e. The minimum Gasteiger partial charge on any atom is -0.494 e. The van der Waals surface area contributed by atoms with Crippen LogP contribution in [0.1, 0.15) is 36.5 Å². The van der Waals surface area contributed by atoms with Crippen molar-refractivity contribution in [1.82, 2.24) is 5.32 Å². The Morgan fingerprint density at radius 3 is 2.61 bits per heavy atom. The molecule has 0 atom stereocenters. The van der Waals surface area contributed by atoms with Crippen LogP contribution in [-0.4, -0.2) is 23.5 Å². The Morgan fingerprint density at radius 2 is 2.00 bits per heavy atom. The summed E-state index contributed by atoms with van der Waals surface area (Å²) >= 11 is 2.30. The summed E-state index contributed by atoms with van der Waals surface area (Å²) in [6, 6.07) is 7.31. The van der Waals surface area contributed by atoms with Crippen LogP contribution in [0.25, 0.3) is 0 Å². The molecule has 0 aromatic heterocycles. The van der Waals surface area contributed by atoms with Gasteiger partial charge in [0.1, 0.15) is 5.75 Å². The number of hydrogen-bond donors (Lipinski definition) is 1. The van der Waals surface area contributed by atoms with Crippen LogP contribution >= 0.6 is 22.6 Å². The van der Waals surface area contributed by atoms with Crippen molar-refractivity contribution in [2.24, 2.45) is 0 Å². The molecule has 0 aliphatic rings. The van der Waals surface area contributed by atoms with Crippen LogP contribution in [0.3, 0.4) is 0 Å². The Labute approximate surface area is 122 Å². The van der Waals surface area contributed by atoms with E-state index in [9.17, 15) is 4.79 Å². The van der Waals surface area contributed by atoms with E-state index in [2.05, 4.69) is 34.8 Å². The van der Waals surface area contributed by atoms with Gasteiger partial charge in [-0.15, -0.1) is 0 Å². The molecule has 1 aromatic carbocycles. The van der Waals surface area contributed by atoms with E-state index in [1.54, 1.807) is 12.1 Å². The van der Waals surface area contributed by atoms with Crippen LogP contribution < -0.4 is 10.1 Å². The number of halogens is 1. The summed E-state index contributed by atoms with van der Waals surface area (Å²) < 4.78 is 6.60. The van der Waals surface area contributed by atoms with Gasteiger partial charge in [-0.1, -0.05) is 35.9 Å². The second kappa shape index (κ2) is 9.19. The van der Waals surface area contributed by atoms with Crippen LogP contribution in [0.15, 0.2) is 24.3 Å². The molecule has 1 N–H and O–H groups in total. The molecule has 0 saturated carbocycles. The van der Waals surface area contributed by atoms with E-state index in [1.165, 1.54) is 0 Å². The number of benzene rings is 1. The van der Waals surface area contributed by atoms with Gasteiger partial charge in [-0.25, -0.2) is 0 Å². The smallest absolute Gasteiger partial charge is 0.251 e. The first-order valence-electron chi connectivity index (χ1n) is 6.35. The Balaban J connectivity index is 2.41. The molecular formula is C14H20INO2. The maximum atomic E-state index is 11.7. The number of nitrogens with one attached hydrogen (secondary N) is 1. The van der Waals surface area contributed by atoms with Crippen LogP contribution in [0.5, 0.6) is 5.75 Å². The summed E-state index contributed by atoms with van der Waals surface area (Å²) in [6.07, 6.45) is 3.18. The topological polar surface area (TPSA) is 38.3 Å². The molecule has 0 aliphatic carbocycles. The molecule has 100 valence electrons. The Morgan fingerprint density at radius 1 is 1.28 bits per heavy atom. The standard InChI is InChI=1S/C14H20INO2/c1-2-3-11-18-13-7-5-12(6-8-13)14(17)16-10-4-9-15/h5-8H,2-4,9-11H2,1H3,(H,16,17). The highest BCUT2D eigenvalue weighted by Crippen LogP contribution is 2.12. The molecule has 0 aliphatic heterocycles. The average molecular weight is 361 g/mol. The number of amides is 1. The third kappa shape index (κ3) is 5.71. The highest BCUT2D eigenvalue weighted by Gasteiger charge is 2.04. The first-order chi connectivity index (χ1) is 8.77. The highest BCUT2D eigenvalue weighted by atomic mass is 127. The fourth-order valence-corrected chi connectivity index (χ4v) is 1.79. The molecule has 0 unspecified atom stereocenters. The summed E-state index contributed by atoms with van der Waals surface area (Å²) in [6.45, 7) is 3.60. The molecule has 0 radical (unpaired) electrons. The van der Waals surface area contributed by atoms with Crippen LogP contribution in [0, 0.1) is 0 Å². The van der Waals surface area contributed by atoms with E-state index in [0.717, 1.165) is 42.6 Å². The summed E-state index contributed by atoms with van der Waals surface area (Å²) in [7, 11) is 0. The number of carbonyl (C=O) groups is 1. The predicted molar refractivity (Wildman–Crippen MR) is 82.7 cm³/mol. The van der Waals surface area contributed by atoms with Gasteiger partial charge >= 0.3 is 0 Å². The van der Waals surface area contributed by atoms with E-state index in [0.29, 0.717) is 5.56 Å². The SMILES string of the molecule is CCCCOc1ccc(C(=O)NCCCI)cc1. The van der Waals surface area contributed by atoms with Gasteiger partial charge in [0.05, 0.1) is 6.61 Å². The third-order valence-electron chi connectivity index (χ3n) is 2.48. The maximum Gasteiger partial charge on any atom is 0.251 e. The average Bonchev–Trinajstić information content (AvgIpc) is 2.40. The normalized spacial score (nSPS) is 10.1. The molecule has 18 heavy (non-hydrogen) atoms. The van der Waals surface area contributed by atoms with Crippen molar-refractivity contribution in [1.29, 1.82) is 0 Å². The lowest BCUT2D eigenvalue weighted by Crippen LogP contribution is -2.24. The number of rotatable bonds is 8. The zero-order valence-electron chi connectivity index (χ0n) is 10.7. The minimum absolute atomic E-state index is 0.0139. The van der Waals surface area contributed by atoms with Gasteiger partial charge in [0.15, 0.2) is 0 Å².